The van der Waals surface area contributed by atoms with Crippen LogP contribution in [0.1, 0.15) is 30.9 Å². The van der Waals surface area contributed by atoms with Crippen molar-refractivity contribution in [3.63, 3.8) is 0 Å². The molecule has 1 aromatic rings. The molecule has 0 amide bonds. The van der Waals surface area contributed by atoms with Crippen LogP contribution in [0.15, 0.2) is 49.2 Å². The minimum absolute atomic E-state index is 0.671. The lowest BCUT2D eigenvalue weighted by Gasteiger charge is -2.49. The average Bonchev–Trinajstić information content (AvgIpc) is 2.46. The van der Waals surface area contributed by atoms with Crippen LogP contribution in [-0.4, -0.2) is 11.4 Å². The molecule has 2 bridgehead atoms. The lowest BCUT2D eigenvalue weighted by molar-refractivity contribution is 0.0668. The van der Waals surface area contributed by atoms with E-state index in [4.69, 9.17) is 0 Å². The molecule has 1 aliphatic heterocycles. The summed E-state index contributed by atoms with van der Waals surface area (Å²) >= 11 is 0. The van der Waals surface area contributed by atoms with Crippen LogP contribution in [0.25, 0.3) is 0 Å². The van der Waals surface area contributed by atoms with E-state index in [1.807, 2.05) is 0 Å². The molecular formula is C20H27N. The lowest BCUT2D eigenvalue weighted by atomic mass is 9.65. The summed E-state index contributed by atoms with van der Waals surface area (Å²) in [6, 6.07) is 8.86. The fourth-order valence-corrected chi connectivity index (χ4v) is 4.31. The molecule has 1 saturated heterocycles. The van der Waals surface area contributed by atoms with Crippen molar-refractivity contribution < 1.29 is 0 Å². The number of piperidine rings is 1. The molecule has 1 heterocycles. The van der Waals surface area contributed by atoms with Crippen molar-refractivity contribution in [3.8, 4) is 0 Å². The van der Waals surface area contributed by atoms with Gasteiger partial charge in [-0.2, -0.15) is 0 Å². The highest BCUT2D eigenvalue weighted by Crippen LogP contribution is 2.46. The van der Waals surface area contributed by atoms with Crippen LogP contribution in [-0.2, 0) is 6.54 Å². The zero-order chi connectivity index (χ0) is 15.0. The maximum absolute atomic E-state index is 4.44. The normalized spacial score (nSPS) is 32.1. The highest BCUT2D eigenvalue weighted by Gasteiger charge is 2.40. The standard InChI is InChI=1S/C20H27N/c1-5-18-10-15(3)20-11-19(18)13-21(16(20)4)12-17-8-6-7-14(2)9-17/h5-9,15,18-20H,1,4,10-13H2,2-3H3. The zero-order valence-corrected chi connectivity index (χ0v) is 13.4. The summed E-state index contributed by atoms with van der Waals surface area (Å²) < 4.78 is 0. The second-order valence-electron chi connectivity index (χ2n) is 7.08. The number of rotatable bonds is 3. The first-order valence-corrected chi connectivity index (χ1v) is 8.20. The van der Waals surface area contributed by atoms with E-state index < -0.39 is 0 Å². The van der Waals surface area contributed by atoms with Gasteiger partial charge in [-0.05, 0) is 43.1 Å². The number of aryl methyl sites for hydroxylation is 1. The Bertz CT molecular complexity index is 545. The van der Waals surface area contributed by atoms with Crippen molar-refractivity contribution in [3.05, 3.63) is 60.3 Å². The van der Waals surface area contributed by atoms with E-state index in [1.54, 1.807) is 0 Å². The molecule has 2 fully saturated rings. The van der Waals surface area contributed by atoms with Gasteiger partial charge in [0.15, 0.2) is 0 Å². The minimum Gasteiger partial charge on any atom is -0.370 e. The van der Waals surface area contributed by atoms with Gasteiger partial charge in [0.05, 0.1) is 0 Å². The summed E-state index contributed by atoms with van der Waals surface area (Å²) in [5.74, 6) is 2.85. The predicted molar refractivity (Wildman–Crippen MR) is 89.8 cm³/mol. The summed E-state index contributed by atoms with van der Waals surface area (Å²) in [5.41, 5.74) is 4.11. The number of likely N-dealkylation sites (tertiary alicyclic amines) is 1. The molecule has 1 saturated carbocycles. The van der Waals surface area contributed by atoms with E-state index in [2.05, 4.69) is 62.2 Å². The first-order valence-electron chi connectivity index (χ1n) is 8.20. The molecule has 2 aliphatic rings. The second-order valence-corrected chi connectivity index (χ2v) is 7.08. The molecule has 1 aromatic carbocycles. The third-order valence-electron chi connectivity index (χ3n) is 5.54. The van der Waals surface area contributed by atoms with Crippen molar-refractivity contribution in [2.24, 2.45) is 23.7 Å². The molecule has 0 spiro atoms. The Balaban J connectivity index is 1.79. The monoisotopic (exact) mass is 281 g/mol. The third-order valence-corrected chi connectivity index (χ3v) is 5.54. The van der Waals surface area contributed by atoms with Crippen LogP contribution in [0.2, 0.25) is 0 Å². The van der Waals surface area contributed by atoms with Gasteiger partial charge in [-0.25, -0.2) is 0 Å². The maximum Gasteiger partial charge on any atom is 0.0426 e. The van der Waals surface area contributed by atoms with E-state index in [1.165, 1.54) is 29.7 Å². The Morgan fingerprint density at radius 3 is 2.86 bits per heavy atom. The van der Waals surface area contributed by atoms with Gasteiger partial charge in [0, 0.05) is 24.7 Å². The van der Waals surface area contributed by atoms with E-state index in [-0.39, 0.29) is 0 Å². The zero-order valence-electron chi connectivity index (χ0n) is 13.4. The molecule has 1 nitrogen and oxygen atoms in total. The fourth-order valence-electron chi connectivity index (χ4n) is 4.31. The highest BCUT2D eigenvalue weighted by atomic mass is 15.2. The van der Waals surface area contributed by atoms with Crippen LogP contribution >= 0.6 is 0 Å². The summed E-state index contributed by atoms with van der Waals surface area (Å²) in [7, 11) is 0. The van der Waals surface area contributed by atoms with E-state index >= 15 is 0 Å². The van der Waals surface area contributed by atoms with Crippen LogP contribution in [0.5, 0.6) is 0 Å². The Labute approximate surface area is 129 Å². The van der Waals surface area contributed by atoms with Gasteiger partial charge < -0.3 is 4.90 Å². The van der Waals surface area contributed by atoms with Gasteiger partial charge in [-0.3, -0.25) is 0 Å². The summed E-state index contributed by atoms with van der Waals surface area (Å²) in [6.07, 6.45) is 4.79. The van der Waals surface area contributed by atoms with Crippen molar-refractivity contribution in [1.82, 2.24) is 4.90 Å². The van der Waals surface area contributed by atoms with Crippen LogP contribution in [0.3, 0.4) is 0 Å². The van der Waals surface area contributed by atoms with E-state index in [9.17, 15) is 0 Å². The quantitative estimate of drug-likeness (QED) is 0.720. The fraction of sp³-hybridized carbons (Fsp3) is 0.500. The van der Waals surface area contributed by atoms with Gasteiger partial charge in [-0.1, -0.05) is 49.4 Å². The number of benzene rings is 1. The highest BCUT2D eigenvalue weighted by molar-refractivity contribution is 5.23. The molecule has 4 atom stereocenters. The molecule has 3 rings (SSSR count). The number of allylic oxidation sites excluding steroid dienone is 2. The number of hydrogen-bond acceptors (Lipinski definition) is 1. The van der Waals surface area contributed by atoms with Gasteiger partial charge in [0.25, 0.3) is 0 Å². The SMILES string of the molecule is C=CC1CC(C)C2CC1CN(Cc1cccc(C)c1)C2=C. The molecule has 112 valence electrons. The van der Waals surface area contributed by atoms with Gasteiger partial charge in [0.2, 0.25) is 0 Å². The Kier molecular flexibility index (Phi) is 3.93. The Morgan fingerprint density at radius 1 is 1.33 bits per heavy atom. The summed E-state index contributed by atoms with van der Waals surface area (Å²) in [5, 5.41) is 0. The number of fused-ring (bicyclic) bond motifs is 2. The van der Waals surface area contributed by atoms with Crippen molar-refractivity contribution in [2.45, 2.75) is 33.2 Å². The lowest BCUT2D eigenvalue weighted by Crippen LogP contribution is -2.46. The van der Waals surface area contributed by atoms with Crippen LogP contribution in [0, 0.1) is 30.6 Å². The van der Waals surface area contributed by atoms with Gasteiger partial charge >= 0.3 is 0 Å². The smallest absolute Gasteiger partial charge is 0.0426 e. The first-order chi connectivity index (χ1) is 10.1. The van der Waals surface area contributed by atoms with Crippen LogP contribution < -0.4 is 0 Å². The Morgan fingerprint density at radius 2 is 2.14 bits per heavy atom. The Hall–Kier alpha value is -1.50. The van der Waals surface area contributed by atoms with E-state index in [0.717, 1.165) is 24.9 Å². The number of nitrogens with zero attached hydrogens (tertiary/aromatic N) is 1. The van der Waals surface area contributed by atoms with Crippen molar-refractivity contribution in [2.75, 3.05) is 6.54 Å². The number of hydrogen-bond donors (Lipinski definition) is 0. The predicted octanol–water partition coefficient (Wildman–Crippen LogP) is 4.79. The van der Waals surface area contributed by atoms with Gasteiger partial charge in [-0.15, -0.1) is 6.58 Å². The third kappa shape index (κ3) is 2.79. The topological polar surface area (TPSA) is 3.24 Å². The molecule has 1 aliphatic carbocycles. The molecule has 21 heavy (non-hydrogen) atoms. The van der Waals surface area contributed by atoms with Crippen LogP contribution in [0.4, 0.5) is 0 Å². The molecule has 4 unspecified atom stereocenters. The molecular weight excluding hydrogens is 254 g/mol. The largest absolute Gasteiger partial charge is 0.370 e. The van der Waals surface area contributed by atoms with Crippen molar-refractivity contribution >= 4 is 0 Å². The molecule has 0 radical (unpaired) electrons. The average molecular weight is 281 g/mol. The first kappa shape index (κ1) is 14.4. The molecule has 1 heteroatoms. The maximum atomic E-state index is 4.44. The molecule has 0 aromatic heterocycles. The summed E-state index contributed by atoms with van der Waals surface area (Å²) in [4.78, 5) is 2.53. The second kappa shape index (κ2) is 5.71. The van der Waals surface area contributed by atoms with Crippen molar-refractivity contribution in [1.29, 1.82) is 0 Å². The summed E-state index contributed by atoms with van der Waals surface area (Å²) in [6.45, 7) is 15.2. The van der Waals surface area contributed by atoms with Gasteiger partial charge in [0.1, 0.15) is 0 Å². The molecule has 0 N–H and O–H groups in total. The minimum atomic E-state index is 0.671. The van der Waals surface area contributed by atoms with E-state index in [0.29, 0.717) is 11.8 Å².